The second-order valence-corrected chi connectivity index (χ2v) is 4.71. The predicted octanol–water partition coefficient (Wildman–Crippen LogP) is 3.01. The largest absolute Gasteiger partial charge is 0.287 e. The summed E-state index contributed by atoms with van der Waals surface area (Å²) in [6, 6.07) is 7.17. The van der Waals surface area contributed by atoms with Crippen molar-refractivity contribution in [1.29, 1.82) is 0 Å². The van der Waals surface area contributed by atoms with Gasteiger partial charge >= 0.3 is 0 Å². The molecule has 2 nitrogen and oxygen atoms in total. The molecule has 20 heavy (non-hydrogen) atoms. The SMILES string of the molecule is CCc1ccc(C)[n+](CC(=O)c2ccc(F)c(F)c2)c1. The number of Topliss-reactive ketones (excluding diaryl/α,β-unsaturated/α-hetero) is 1. The van der Waals surface area contributed by atoms with Crippen LogP contribution in [0.15, 0.2) is 36.5 Å². The molecule has 0 aliphatic carbocycles. The van der Waals surface area contributed by atoms with Crippen LogP contribution in [0.3, 0.4) is 0 Å². The summed E-state index contributed by atoms with van der Waals surface area (Å²) in [5.74, 6) is -2.19. The van der Waals surface area contributed by atoms with E-state index in [-0.39, 0.29) is 17.9 Å². The van der Waals surface area contributed by atoms with Crippen LogP contribution in [0.1, 0.15) is 28.5 Å². The maximum Gasteiger partial charge on any atom is 0.227 e. The van der Waals surface area contributed by atoms with Gasteiger partial charge in [0.05, 0.1) is 0 Å². The minimum atomic E-state index is -1.00. The molecule has 0 aliphatic heterocycles. The summed E-state index contributed by atoms with van der Waals surface area (Å²) in [6.45, 7) is 4.05. The number of aryl methyl sites for hydroxylation is 2. The molecular weight excluding hydrogens is 260 g/mol. The zero-order chi connectivity index (χ0) is 14.7. The average Bonchev–Trinajstić information content (AvgIpc) is 2.44. The minimum Gasteiger partial charge on any atom is -0.287 e. The topological polar surface area (TPSA) is 20.9 Å². The van der Waals surface area contributed by atoms with Gasteiger partial charge in [-0.15, -0.1) is 0 Å². The van der Waals surface area contributed by atoms with E-state index in [1.165, 1.54) is 6.07 Å². The molecule has 0 unspecified atom stereocenters. The quantitative estimate of drug-likeness (QED) is 0.621. The van der Waals surface area contributed by atoms with Crippen molar-refractivity contribution in [3.63, 3.8) is 0 Å². The molecule has 0 amide bonds. The minimum absolute atomic E-state index is 0.116. The molecule has 0 aliphatic rings. The molecule has 0 atom stereocenters. The van der Waals surface area contributed by atoms with Gasteiger partial charge in [-0.1, -0.05) is 6.92 Å². The van der Waals surface area contributed by atoms with Crippen molar-refractivity contribution < 1.29 is 18.1 Å². The summed E-state index contributed by atoms with van der Waals surface area (Å²) in [4.78, 5) is 12.1. The van der Waals surface area contributed by atoms with E-state index in [1.54, 1.807) is 0 Å². The maximum atomic E-state index is 13.1. The van der Waals surface area contributed by atoms with Gasteiger partial charge in [-0.2, -0.15) is 4.57 Å². The van der Waals surface area contributed by atoms with E-state index in [2.05, 4.69) is 0 Å². The molecule has 2 aromatic rings. The van der Waals surface area contributed by atoms with E-state index in [9.17, 15) is 13.6 Å². The second kappa shape index (κ2) is 5.90. The third-order valence-electron chi connectivity index (χ3n) is 3.28. The molecule has 0 N–H and O–H groups in total. The molecule has 104 valence electrons. The first-order valence-electron chi connectivity index (χ1n) is 6.48. The van der Waals surface area contributed by atoms with Gasteiger partial charge in [-0.05, 0) is 30.7 Å². The van der Waals surface area contributed by atoms with Crippen LogP contribution in [0.25, 0.3) is 0 Å². The van der Waals surface area contributed by atoms with E-state index in [1.807, 2.05) is 36.7 Å². The molecule has 1 aromatic heterocycles. The third-order valence-corrected chi connectivity index (χ3v) is 3.28. The van der Waals surface area contributed by atoms with Gasteiger partial charge in [0.15, 0.2) is 23.5 Å². The Morgan fingerprint density at radius 3 is 2.55 bits per heavy atom. The highest BCUT2D eigenvalue weighted by molar-refractivity contribution is 5.95. The Kier molecular flexibility index (Phi) is 4.23. The van der Waals surface area contributed by atoms with Crippen LogP contribution >= 0.6 is 0 Å². The molecule has 0 saturated carbocycles. The highest BCUT2D eigenvalue weighted by Crippen LogP contribution is 2.09. The smallest absolute Gasteiger partial charge is 0.227 e. The second-order valence-electron chi connectivity index (χ2n) is 4.71. The number of carbonyl (C=O) groups excluding carboxylic acids is 1. The molecule has 1 heterocycles. The Labute approximate surface area is 116 Å². The van der Waals surface area contributed by atoms with Crippen molar-refractivity contribution in [2.24, 2.45) is 0 Å². The number of benzene rings is 1. The number of pyridine rings is 1. The summed E-state index contributed by atoms with van der Waals surface area (Å²) in [5.41, 5.74) is 2.24. The molecule has 0 fully saturated rings. The van der Waals surface area contributed by atoms with E-state index in [0.717, 1.165) is 29.8 Å². The summed E-state index contributed by atoms with van der Waals surface area (Å²) in [6.07, 6.45) is 2.78. The van der Waals surface area contributed by atoms with Crippen molar-refractivity contribution in [1.82, 2.24) is 0 Å². The van der Waals surface area contributed by atoms with Crippen molar-refractivity contribution in [3.05, 3.63) is 65.0 Å². The number of carbonyl (C=O) groups is 1. The number of rotatable bonds is 4. The standard InChI is InChI=1S/C16H16F2NO/c1-3-12-5-4-11(2)19(9-12)10-16(20)13-6-7-14(17)15(18)8-13/h4-9H,3,10H2,1-2H3/q+1. The molecule has 0 saturated heterocycles. The molecule has 4 heteroatoms. The summed E-state index contributed by atoms with van der Waals surface area (Å²) in [5, 5.41) is 0. The maximum absolute atomic E-state index is 13.1. The molecule has 0 radical (unpaired) electrons. The van der Waals surface area contributed by atoms with Gasteiger partial charge in [0.25, 0.3) is 0 Å². The molecule has 2 rings (SSSR count). The van der Waals surface area contributed by atoms with E-state index < -0.39 is 11.6 Å². The Balaban J connectivity index is 2.25. The Hall–Kier alpha value is -2.10. The van der Waals surface area contributed by atoms with E-state index in [0.29, 0.717) is 0 Å². The highest BCUT2D eigenvalue weighted by Gasteiger charge is 2.16. The molecule has 0 bridgehead atoms. The van der Waals surface area contributed by atoms with Gasteiger partial charge in [0, 0.05) is 24.1 Å². The number of hydrogen-bond acceptors (Lipinski definition) is 1. The van der Waals surface area contributed by atoms with Crippen LogP contribution in [0.2, 0.25) is 0 Å². The molecular formula is C16H16F2NO+. The fraction of sp³-hybridized carbons (Fsp3) is 0.250. The van der Waals surface area contributed by atoms with Gasteiger partial charge in [0.2, 0.25) is 12.3 Å². The lowest BCUT2D eigenvalue weighted by Crippen LogP contribution is -2.41. The number of nitrogens with zero attached hydrogens (tertiary/aromatic N) is 1. The lowest BCUT2D eigenvalue weighted by molar-refractivity contribution is -0.689. The van der Waals surface area contributed by atoms with Crippen molar-refractivity contribution in [2.75, 3.05) is 0 Å². The third kappa shape index (κ3) is 3.07. The van der Waals surface area contributed by atoms with Gasteiger partial charge < -0.3 is 0 Å². The summed E-state index contributed by atoms with van der Waals surface area (Å²) < 4.78 is 27.8. The summed E-state index contributed by atoms with van der Waals surface area (Å²) in [7, 11) is 0. The van der Waals surface area contributed by atoms with Crippen molar-refractivity contribution in [3.8, 4) is 0 Å². The van der Waals surface area contributed by atoms with E-state index >= 15 is 0 Å². The fourth-order valence-corrected chi connectivity index (χ4v) is 1.96. The number of aromatic nitrogens is 1. The monoisotopic (exact) mass is 276 g/mol. The van der Waals surface area contributed by atoms with Gasteiger partial charge in [-0.25, -0.2) is 8.78 Å². The first kappa shape index (κ1) is 14.3. The van der Waals surface area contributed by atoms with Crippen LogP contribution in [-0.2, 0) is 13.0 Å². The number of halogens is 2. The lowest BCUT2D eigenvalue weighted by Gasteiger charge is -2.03. The van der Waals surface area contributed by atoms with Crippen molar-refractivity contribution in [2.45, 2.75) is 26.8 Å². The van der Waals surface area contributed by atoms with E-state index in [4.69, 9.17) is 0 Å². The van der Waals surface area contributed by atoms with Crippen LogP contribution < -0.4 is 4.57 Å². The molecule has 1 aromatic carbocycles. The molecule has 0 spiro atoms. The first-order valence-corrected chi connectivity index (χ1v) is 6.48. The van der Waals surface area contributed by atoms with Crippen LogP contribution in [0, 0.1) is 18.6 Å². The van der Waals surface area contributed by atoms with Crippen LogP contribution in [0.4, 0.5) is 8.78 Å². The zero-order valence-electron chi connectivity index (χ0n) is 11.5. The Bertz CT molecular complexity index is 653. The van der Waals surface area contributed by atoms with Crippen molar-refractivity contribution >= 4 is 5.78 Å². The Morgan fingerprint density at radius 1 is 1.15 bits per heavy atom. The normalized spacial score (nSPS) is 10.6. The first-order chi connectivity index (χ1) is 9.51. The predicted molar refractivity (Wildman–Crippen MR) is 71.4 cm³/mol. The summed E-state index contributed by atoms with van der Waals surface area (Å²) >= 11 is 0. The van der Waals surface area contributed by atoms with Crippen LogP contribution in [0.5, 0.6) is 0 Å². The number of ketones is 1. The van der Waals surface area contributed by atoms with Gasteiger partial charge in [-0.3, -0.25) is 4.79 Å². The van der Waals surface area contributed by atoms with Crippen LogP contribution in [-0.4, -0.2) is 5.78 Å². The highest BCUT2D eigenvalue weighted by atomic mass is 19.2. The van der Waals surface area contributed by atoms with Gasteiger partial charge in [0.1, 0.15) is 0 Å². The fourth-order valence-electron chi connectivity index (χ4n) is 1.96. The zero-order valence-corrected chi connectivity index (χ0v) is 11.5. The Morgan fingerprint density at radius 2 is 1.90 bits per heavy atom. The number of hydrogen-bond donors (Lipinski definition) is 0. The average molecular weight is 276 g/mol. The lowest BCUT2D eigenvalue weighted by atomic mass is 10.1.